The van der Waals surface area contributed by atoms with E-state index in [1.54, 1.807) is 38.5 Å². The molecule has 0 atom stereocenters. The number of methoxy groups -OCH3 is 2. The summed E-state index contributed by atoms with van der Waals surface area (Å²) in [5.41, 5.74) is 6.97. The van der Waals surface area contributed by atoms with E-state index in [-0.39, 0.29) is 0 Å². The van der Waals surface area contributed by atoms with Crippen molar-refractivity contribution in [2.45, 2.75) is 0 Å². The maximum Gasteiger partial charge on any atom is 0.142 e. The van der Waals surface area contributed by atoms with Crippen molar-refractivity contribution in [1.29, 1.82) is 0 Å². The Morgan fingerprint density at radius 2 is 1.95 bits per heavy atom. The molecule has 1 heterocycles. The number of aromatic nitrogens is 1. The number of anilines is 3. The molecule has 3 N–H and O–H groups in total. The van der Waals surface area contributed by atoms with Crippen LogP contribution in [0.4, 0.5) is 17.2 Å². The first-order valence-electron chi connectivity index (χ1n) is 5.54. The number of nitrogens with two attached hydrogens (primary N) is 1. The van der Waals surface area contributed by atoms with Crippen molar-refractivity contribution in [3.8, 4) is 11.5 Å². The lowest BCUT2D eigenvalue weighted by Gasteiger charge is -2.12. The average Bonchev–Trinajstić information content (AvgIpc) is 2.37. The van der Waals surface area contributed by atoms with E-state index in [1.807, 2.05) is 6.07 Å². The summed E-state index contributed by atoms with van der Waals surface area (Å²) in [5.74, 6) is 1.91. The topological polar surface area (TPSA) is 69.4 Å². The Labute approximate surface area is 116 Å². The second-order valence-electron chi connectivity index (χ2n) is 3.80. The fourth-order valence-electron chi connectivity index (χ4n) is 1.63. The van der Waals surface area contributed by atoms with Gasteiger partial charge in [-0.15, -0.1) is 0 Å². The number of ether oxygens (including phenoxy) is 2. The summed E-state index contributed by atoms with van der Waals surface area (Å²) in [6.07, 6.45) is 0. The Morgan fingerprint density at radius 3 is 2.58 bits per heavy atom. The van der Waals surface area contributed by atoms with Crippen molar-refractivity contribution in [3.05, 3.63) is 35.5 Å². The molecule has 0 saturated carbocycles. The van der Waals surface area contributed by atoms with Gasteiger partial charge >= 0.3 is 0 Å². The molecule has 1 aromatic carbocycles. The number of hydrogen-bond donors (Lipinski definition) is 2. The van der Waals surface area contributed by atoms with Crippen molar-refractivity contribution in [2.75, 3.05) is 25.3 Å². The number of nitrogens with zero attached hydrogens (tertiary/aromatic N) is 1. The van der Waals surface area contributed by atoms with Crippen LogP contribution in [0.2, 0.25) is 5.15 Å². The molecule has 6 heteroatoms. The summed E-state index contributed by atoms with van der Waals surface area (Å²) in [6, 6.07) is 8.68. The third-order valence-corrected chi connectivity index (χ3v) is 2.68. The SMILES string of the molecule is COc1ccc(OC)c(Nc2cc(N)cc(Cl)n2)c1. The van der Waals surface area contributed by atoms with Gasteiger partial charge in [0.1, 0.15) is 22.5 Å². The molecule has 5 nitrogen and oxygen atoms in total. The highest BCUT2D eigenvalue weighted by Crippen LogP contribution is 2.31. The molecule has 2 aromatic rings. The van der Waals surface area contributed by atoms with Gasteiger partial charge in [-0.1, -0.05) is 11.6 Å². The molecule has 19 heavy (non-hydrogen) atoms. The normalized spacial score (nSPS) is 10.1. The predicted octanol–water partition coefficient (Wildman–Crippen LogP) is 3.08. The van der Waals surface area contributed by atoms with Crippen LogP contribution in [0, 0.1) is 0 Å². The molecule has 0 aliphatic heterocycles. The summed E-state index contributed by atoms with van der Waals surface area (Å²) < 4.78 is 10.4. The second kappa shape index (κ2) is 5.67. The van der Waals surface area contributed by atoms with E-state index in [4.69, 9.17) is 26.8 Å². The molecule has 0 radical (unpaired) electrons. The van der Waals surface area contributed by atoms with Crippen LogP contribution in [0.5, 0.6) is 11.5 Å². The third-order valence-electron chi connectivity index (χ3n) is 2.49. The molecule has 1 aromatic heterocycles. The first-order valence-corrected chi connectivity index (χ1v) is 5.92. The molecule has 0 amide bonds. The summed E-state index contributed by atoms with van der Waals surface area (Å²) in [4.78, 5) is 4.14. The number of halogens is 1. The quantitative estimate of drug-likeness (QED) is 0.842. The zero-order chi connectivity index (χ0) is 13.8. The van der Waals surface area contributed by atoms with Crippen LogP contribution in [-0.4, -0.2) is 19.2 Å². The Balaban J connectivity index is 2.35. The average molecular weight is 280 g/mol. The molecule has 2 rings (SSSR count). The Morgan fingerprint density at radius 1 is 1.16 bits per heavy atom. The smallest absolute Gasteiger partial charge is 0.142 e. The lowest BCUT2D eigenvalue weighted by Crippen LogP contribution is -1.99. The van der Waals surface area contributed by atoms with Crippen molar-refractivity contribution < 1.29 is 9.47 Å². The molecule has 0 bridgehead atoms. The van der Waals surface area contributed by atoms with Crippen LogP contribution >= 0.6 is 11.6 Å². The van der Waals surface area contributed by atoms with Crippen molar-refractivity contribution >= 4 is 28.8 Å². The van der Waals surface area contributed by atoms with Crippen molar-refractivity contribution in [1.82, 2.24) is 4.98 Å². The van der Waals surface area contributed by atoms with Crippen LogP contribution in [0.3, 0.4) is 0 Å². The highest BCUT2D eigenvalue weighted by Gasteiger charge is 2.07. The van der Waals surface area contributed by atoms with Gasteiger partial charge in [-0.05, 0) is 18.2 Å². The van der Waals surface area contributed by atoms with Gasteiger partial charge in [0.25, 0.3) is 0 Å². The maximum atomic E-state index is 5.86. The zero-order valence-electron chi connectivity index (χ0n) is 10.6. The Kier molecular flexibility index (Phi) is 3.97. The lowest BCUT2D eigenvalue weighted by atomic mass is 10.2. The summed E-state index contributed by atoms with van der Waals surface area (Å²) >= 11 is 5.86. The van der Waals surface area contributed by atoms with E-state index >= 15 is 0 Å². The molecular formula is C13H14ClN3O2. The van der Waals surface area contributed by atoms with E-state index in [9.17, 15) is 0 Å². The van der Waals surface area contributed by atoms with E-state index in [1.165, 1.54) is 0 Å². The maximum absolute atomic E-state index is 5.86. The molecule has 0 aliphatic rings. The van der Waals surface area contributed by atoms with Gasteiger partial charge in [-0.2, -0.15) is 0 Å². The minimum atomic E-state index is 0.323. The van der Waals surface area contributed by atoms with E-state index in [0.29, 0.717) is 28.2 Å². The van der Waals surface area contributed by atoms with Gasteiger partial charge in [-0.3, -0.25) is 0 Å². The molecule has 0 spiro atoms. The molecule has 100 valence electrons. The zero-order valence-corrected chi connectivity index (χ0v) is 11.4. The fourth-order valence-corrected chi connectivity index (χ4v) is 1.85. The van der Waals surface area contributed by atoms with Crippen LogP contribution < -0.4 is 20.5 Å². The van der Waals surface area contributed by atoms with Gasteiger partial charge in [0.05, 0.1) is 19.9 Å². The fraction of sp³-hybridized carbons (Fsp3) is 0.154. The van der Waals surface area contributed by atoms with Gasteiger partial charge in [-0.25, -0.2) is 4.98 Å². The number of nitrogen functional groups attached to an aromatic ring is 1. The molecule has 0 fully saturated rings. The third kappa shape index (κ3) is 3.20. The van der Waals surface area contributed by atoms with E-state index in [2.05, 4.69) is 10.3 Å². The standard InChI is InChI=1S/C13H14ClN3O2/c1-18-9-3-4-11(19-2)10(7-9)16-13-6-8(15)5-12(14)17-13/h3-7H,1-2H3,(H3,15,16,17). The Hall–Kier alpha value is -2.14. The summed E-state index contributed by atoms with van der Waals surface area (Å²) in [5, 5.41) is 3.42. The van der Waals surface area contributed by atoms with Gasteiger partial charge in [0, 0.05) is 17.8 Å². The highest BCUT2D eigenvalue weighted by atomic mass is 35.5. The number of pyridine rings is 1. The lowest BCUT2D eigenvalue weighted by molar-refractivity contribution is 0.405. The monoisotopic (exact) mass is 279 g/mol. The van der Waals surface area contributed by atoms with Gasteiger partial charge in [0.2, 0.25) is 0 Å². The van der Waals surface area contributed by atoms with Gasteiger partial charge < -0.3 is 20.5 Å². The van der Waals surface area contributed by atoms with Gasteiger partial charge in [0.15, 0.2) is 0 Å². The number of nitrogens with one attached hydrogen (secondary N) is 1. The number of benzene rings is 1. The first kappa shape index (κ1) is 13.3. The predicted molar refractivity (Wildman–Crippen MR) is 76.5 cm³/mol. The second-order valence-corrected chi connectivity index (χ2v) is 4.19. The van der Waals surface area contributed by atoms with Crippen molar-refractivity contribution in [2.24, 2.45) is 0 Å². The van der Waals surface area contributed by atoms with Crippen LogP contribution in [0.15, 0.2) is 30.3 Å². The van der Waals surface area contributed by atoms with E-state index < -0.39 is 0 Å². The molecule has 0 saturated heterocycles. The van der Waals surface area contributed by atoms with Crippen LogP contribution in [0.25, 0.3) is 0 Å². The highest BCUT2D eigenvalue weighted by molar-refractivity contribution is 6.29. The molecule has 0 unspecified atom stereocenters. The Bertz CT molecular complexity index is 570. The first-order chi connectivity index (χ1) is 9.12. The molecule has 0 aliphatic carbocycles. The number of rotatable bonds is 4. The molecular weight excluding hydrogens is 266 g/mol. The van der Waals surface area contributed by atoms with Crippen LogP contribution in [0.1, 0.15) is 0 Å². The van der Waals surface area contributed by atoms with Crippen LogP contribution in [-0.2, 0) is 0 Å². The van der Waals surface area contributed by atoms with Crippen molar-refractivity contribution in [3.63, 3.8) is 0 Å². The summed E-state index contributed by atoms with van der Waals surface area (Å²) in [6.45, 7) is 0. The summed E-state index contributed by atoms with van der Waals surface area (Å²) in [7, 11) is 3.19. The minimum absolute atomic E-state index is 0.323. The van der Waals surface area contributed by atoms with E-state index in [0.717, 1.165) is 5.69 Å². The largest absolute Gasteiger partial charge is 0.497 e. The minimum Gasteiger partial charge on any atom is -0.497 e. The number of hydrogen-bond acceptors (Lipinski definition) is 5.